The van der Waals surface area contributed by atoms with Crippen molar-refractivity contribution in [2.75, 3.05) is 13.1 Å². The van der Waals surface area contributed by atoms with Gasteiger partial charge < -0.3 is 5.32 Å². The Bertz CT molecular complexity index is 690. The molecule has 3 rings (SSSR count). The molecule has 2 heterocycles. The third-order valence-corrected chi connectivity index (χ3v) is 4.33. The minimum absolute atomic E-state index is 0.00809. The number of nitrogens with zero attached hydrogens (tertiary/aromatic N) is 2. The Morgan fingerprint density at radius 2 is 2.30 bits per heavy atom. The molecule has 0 saturated heterocycles. The van der Waals surface area contributed by atoms with Gasteiger partial charge in [0, 0.05) is 31.5 Å². The smallest absolute Gasteiger partial charge is 0.234 e. The molecule has 0 unspecified atom stereocenters. The first-order chi connectivity index (χ1) is 11.1. The molecule has 4 nitrogen and oxygen atoms in total. The highest BCUT2D eigenvalue weighted by Crippen LogP contribution is 2.29. The lowest BCUT2D eigenvalue weighted by atomic mass is 9.93. The van der Waals surface area contributed by atoms with Crippen molar-refractivity contribution in [3.05, 3.63) is 65.2 Å². The Hall–Kier alpha value is -2.27. The van der Waals surface area contributed by atoms with Gasteiger partial charge in [-0.1, -0.05) is 12.1 Å². The minimum Gasteiger partial charge on any atom is -0.351 e. The molecule has 1 aromatic carbocycles. The van der Waals surface area contributed by atoms with Gasteiger partial charge in [0.1, 0.15) is 5.82 Å². The van der Waals surface area contributed by atoms with Crippen LogP contribution in [0.15, 0.2) is 42.7 Å². The Morgan fingerprint density at radius 1 is 1.43 bits per heavy atom. The summed E-state index contributed by atoms with van der Waals surface area (Å²) < 4.78 is 13.3. The van der Waals surface area contributed by atoms with Crippen molar-refractivity contribution in [2.24, 2.45) is 0 Å². The quantitative estimate of drug-likeness (QED) is 0.943. The molecule has 1 aromatic heterocycles. The van der Waals surface area contributed by atoms with Crippen LogP contribution in [0.5, 0.6) is 0 Å². The standard InChI is InChI=1S/C18H20FN3O/c1-13-17-5-4-16(19)9-15(17)6-8-22(13)12-18(23)21-11-14-3-2-7-20-10-14/h2-5,7,9-10,13H,6,8,11-12H2,1H3,(H,21,23)/t13-/m0/s1. The fourth-order valence-corrected chi connectivity index (χ4v) is 3.01. The molecule has 0 saturated carbocycles. The lowest BCUT2D eigenvalue weighted by Crippen LogP contribution is -2.41. The highest BCUT2D eigenvalue weighted by atomic mass is 19.1. The number of aromatic nitrogens is 1. The van der Waals surface area contributed by atoms with Gasteiger partial charge in [-0.3, -0.25) is 14.7 Å². The van der Waals surface area contributed by atoms with Crippen LogP contribution in [0.3, 0.4) is 0 Å². The third-order valence-electron chi connectivity index (χ3n) is 4.33. The number of carbonyl (C=O) groups excluding carboxylic acids is 1. The summed E-state index contributed by atoms with van der Waals surface area (Å²) >= 11 is 0. The molecule has 1 N–H and O–H groups in total. The van der Waals surface area contributed by atoms with E-state index in [9.17, 15) is 9.18 Å². The predicted molar refractivity (Wildman–Crippen MR) is 86.2 cm³/mol. The third kappa shape index (κ3) is 3.74. The van der Waals surface area contributed by atoms with Crippen molar-refractivity contribution in [3.63, 3.8) is 0 Å². The Balaban J connectivity index is 1.58. The lowest BCUT2D eigenvalue weighted by Gasteiger charge is -2.34. The van der Waals surface area contributed by atoms with Crippen molar-refractivity contribution in [3.8, 4) is 0 Å². The van der Waals surface area contributed by atoms with E-state index in [1.165, 1.54) is 6.07 Å². The summed E-state index contributed by atoms with van der Waals surface area (Å²) in [6.07, 6.45) is 4.23. The molecule has 0 aliphatic carbocycles. The van der Waals surface area contributed by atoms with Crippen molar-refractivity contribution >= 4 is 5.91 Å². The molecule has 0 fully saturated rings. The molecule has 1 amide bonds. The number of pyridine rings is 1. The van der Waals surface area contributed by atoms with Crippen LogP contribution in [-0.4, -0.2) is 28.9 Å². The molecule has 1 aliphatic rings. The topological polar surface area (TPSA) is 45.2 Å². The van der Waals surface area contributed by atoms with Gasteiger partial charge in [-0.15, -0.1) is 0 Å². The van der Waals surface area contributed by atoms with Crippen LogP contribution in [0.1, 0.15) is 29.7 Å². The molecule has 5 heteroatoms. The van der Waals surface area contributed by atoms with Crippen LogP contribution in [0.2, 0.25) is 0 Å². The van der Waals surface area contributed by atoms with E-state index in [0.29, 0.717) is 13.1 Å². The molecule has 23 heavy (non-hydrogen) atoms. The van der Waals surface area contributed by atoms with E-state index in [1.807, 2.05) is 18.2 Å². The van der Waals surface area contributed by atoms with Crippen molar-refractivity contribution in [2.45, 2.75) is 25.9 Å². The number of rotatable bonds is 4. The normalized spacial score (nSPS) is 17.6. The average molecular weight is 313 g/mol. The van der Waals surface area contributed by atoms with Crippen LogP contribution in [-0.2, 0) is 17.8 Å². The Morgan fingerprint density at radius 3 is 3.09 bits per heavy atom. The van der Waals surface area contributed by atoms with Gasteiger partial charge in [0.05, 0.1) is 6.54 Å². The lowest BCUT2D eigenvalue weighted by molar-refractivity contribution is -0.123. The Kier molecular flexibility index (Phi) is 4.67. The second kappa shape index (κ2) is 6.87. The maximum atomic E-state index is 13.3. The van der Waals surface area contributed by atoms with E-state index in [4.69, 9.17) is 0 Å². The highest BCUT2D eigenvalue weighted by molar-refractivity contribution is 5.78. The number of amides is 1. The first kappa shape index (κ1) is 15.6. The fraction of sp³-hybridized carbons (Fsp3) is 0.333. The molecule has 120 valence electrons. The molecule has 1 aliphatic heterocycles. The maximum absolute atomic E-state index is 13.3. The SMILES string of the molecule is C[C@H]1c2ccc(F)cc2CCN1CC(=O)NCc1cccnc1. The van der Waals surface area contributed by atoms with E-state index in [-0.39, 0.29) is 17.8 Å². The first-order valence-corrected chi connectivity index (χ1v) is 7.81. The van der Waals surface area contributed by atoms with Gasteiger partial charge in [-0.05, 0) is 48.2 Å². The zero-order valence-electron chi connectivity index (χ0n) is 13.1. The minimum atomic E-state index is -0.196. The largest absolute Gasteiger partial charge is 0.351 e. The van der Waals surface area contributed by atoms with E-state index < -0.39 is 0 Å². The van der Waals surface area contributed by atoms with Gasteiger partial charge in [-0.2, -0.15) is 0 Å². The molecule has 1 atom stereocenters. The summed E-state index contributed by atoms with van der Waals surface area (Å²) in [5, 5.41) is 2.92. The zero-order valence-corrected chi connectivity index (χ0v) is 13.1. The summed E-state index contributed by atoms with van der Waals surface area (Å²) in [7, 11) is 0. The van der Waals surface area contributed by atoms with Crippen LogP contribution < -0.4 is 5.32 Å². The number of hydrogen-bond donors (Lipinski definition) is 1. The summed E-state index contributed by atoms with van der Waals surface area (Å²) in [5.74, 6) is -0.204. The van der Waals surface area contributed by atoms with Crippen LogP contribution in [0.25, 0.3) is 0 Å². The fourth-order valence-electron chi connectivity index (χ4n) is 3.01. The number of halogens is 1. The predicted octanol–water partition coefficient (Wildman–Crippen LogP) is 2.46. The Labute approximate surface area is 135 Å². The van der Waals surface area contributed by atoms with Crippen LogP contribution in [0, 0.1) is 5.82 Å². The van der Waals surface area contributed by atoms with Crippen molar-refractivity contribution < 1.29 is 9.18 Å². The highest BCUT2D eigenvalue weighted by Gasteiger charge is 2.25. The number of nitrogens with one attached hydrogen (secondary N) is 1. The van der Waals surface area contributed by atoms with Crippen LogP contribution in [0.4, 0.5) is 4.39 Å². The number of fused-ring (bicyclic) bond motifs is 1. The second-order valence-corrected chi connectivity index (χ2v) is 5.88. The average Bonchev–Trinajstić information content (AvgIpc) is 2.56. The number of benzene rings is 1. The van der Waals surface area contributed by atoms with Crippen molar-refractivity contribution in [1.29, 1.82) is 0 Å². The summed E-state index contributed by atoms with van der Waals surface area (Å²) in [6, 6.07) is 8.82. The van der Waals surface area contributed by atoms with E-state index in [1.54, 1.807) is 18.5 Å². The van der Waals surface area contributed by atoms with Gasteiger partial charge >= 0.3 is 0 Å². The van der Waals surface area contributed by atoms with E-state index >= 15 is 0 Å². The van der Waals surface area contributed by atoms with Gasteiger partial charge in [-0.25, -0.2) is 4.39 Å². The van der Waals surface area contributed by atoms with Crippen LogP contribution >= 0.6 is 0 Å². The van der Waals surface area contributed by atoms with Crippen molar-refractivity contribution in [1.82, 2.24) is 15.2 Å². The first-order valence-electron chi connectivity index (χ1n) is 7.81. The summed E-state index contributed by atoms with van der Waals surface area (Å²) in [4.78, 5) is 18.3. The molecule has 2 aromatic rings. The van der Waals surface area contributed by atoms with Gasteiger partial charge in [0.2, 0.25) is 5.91 Å². The van der Waals surface area contributed by atoms with Gasteiger partial charge in [0.15, 0.2) is 0 Å². The molecular weight excluding hydrogens is 293 g/mol. The molecule has 0 radical (unpaired) electrons. The number of carbonyl (C=O) groups is 1. The van der Waals surface area contributed by atoms with Gasteiger partial charge in [0.25, 0.3) is 0 Å². The van der Waals surface area contributed by atoms with E-state index in [0.717, 1.165) is 29.7 Å². The zero-order chi connectivity index (χ0) is 16.2. The number of hydrogen-bond acceptors (Lipinski definition) is 3. The second-order valence-electron chi connectivity index (χ2n) is 5.88. The summed E-state index contributed by atoms with van der Waals surface area (Å²) in [5.41, 5.74) is 3.13. The molecule has 0 bridgehead atoms. The summed E-state index contributed by atoms with van der Waals surface area (Å²) in [6.45, 7) is 3.65. The molecule has 0 spiro atoms. The molecular formula is C18H20FN3O. The maximum Gasteiger partial charge on any atom is 0.234 e. The van der Waals surface area contributed by atoms with E-state index in [2.05, 4.69) is 22.1 Å². The monoisotopic (exact) mass is 313 g/mol.